The minimum absolute atomic E-state index is 0.0269. The number of unbranched alkanes of at least 4 members (excludes halogenated alkanes) is 14. The summed E-state index contributed by atoms with van der Waals surface area (Å²) in [4.78, 5) is 35.1. The summed E-state index contributed by atoms with van der Waals surface area (Å²) in [5.74, 6) is -0.830. The van der Waals surface area contributed by atoms with Crippen LogP contribution in [0.3, 0.4) is 0 Å². The number of phosphoric ester groups is 1. The van der Waals surface area contributed by atoms with Gasteiger partial charge in [-0.3, -0.25) is 18.6 Å². The van der Waals surface area contributed by atoms with E-state index < -0.39 is 26.5 Å². The molecular weight excluding hydrogens is 641 g/mol. The van der Waals surface area contributed by atoms with Crippen molar-refractivity contribution in [2.45, 2.75) is 155 Å². The van der Waals surface area contributed by atoms with Crippen LogP contribution in [0, 0.1) is 0 Å². The van der Waals surface area contributed by atoms with Crippen LogP contribution in [0.5, 0.6) is 0 Å². The Balaban J connectivity index is 4.48. The minimum atomic E-state index is -4.37. The molecule has 2 atom stereocenters. The Hall–Kier alpha value is -1.77. The van der Waals surface area contributed by atoms with Crippen LogP contribution in [-0.4, -0.2) is 74.9 Å². The number of likely N-dealkylation sites (N-methyl/N-ethyl adjacent to an activating group) is 1. The van der Waals surface area contributed by atoms with Crippen LogP contribution < -0.4 is 0 Å². The lowest BCUT2D eigenvalue weighted by Crippen LogP contribution is -2.37. The number of esters is 2. The molecule has 0 spiro atoms. The molecule has 1 unspecified atom stereocenters. The first kappa shape index (κ1) is 47.2. The van der Waals surface area contributed by atoms with E-state index in [9.17, 15) is 19.0 Å². The minimum Gasteiger partial charge on any atom is -0.462 e. The summed E-state index contributed by atoms with van der Waals surface area (Å²) in [5.41, 5.74) is 0. The maximum atomic E-state index is 12.6. The molecule has 0 aromatic heterocycles. The Kier molecular flexibility index (Phi) is 31.0. The molecule has 0 aliphatic carbocycles. The molecule has 1 N–H and O–H groups in total. The van der Waals surface area contributed by atoms with E-state index in [1.807, 2.05) is 21.1 Å². The molecule has 0 aliphatic rings. The predicted molar refractivity (Wildman–Crippen MR) is 201 cm³/mol. The third kappa shape index (κ3) is 35.8. The predicted octanol–water partition coefficient (Wildman–Crippen LogP) is 10.2. The SMILES string of the molecule is CCCC/C=C/C/C=C/CCCCCCCC(=O)O[C@H](COC(=O)CCCCCCC/C=C/CCCC)COP(=O)(O)OCC[N+](C)(C)C. The van der Waals surface area contributed by atoms with Crippen molar-refractivity contribution in [1.29, 1.82) is 0 Å². The van der Waals surface area contributed by atoms with Gasteiger partial charge >= 0.3 is 19.8 Å². The lowest BCUT2D eigenvalue weighted by Gasteiger charge is -2.24. The van der Waals surface area contributed by atoms with Crippen molar-refractivity contribution < 1.29 is 42.1 Å². The lowest BCUT2D eigenvalue weighted by atomic mass is 10.1. The topological polar surface area (TPSA) is 108 Å². The molecule has 0 amide bonds. The molecule has 286 valence electrons. The zero-order valence-electron chi connectivity index (χ0n) is 31.9. The molecule has 0 fully saturated rings. The van der Waals surface area contributed by atoms with E-state index in [1.165, 1.54) is 25.7 Å². The van der Waals surface area contributed by atoms with E-state index in [0.717, 1.165) is 89.9 Å². The van der Waals surface area contributed by atoms with Gasteiger partial charge in [-0.1, -0.05) is 115 Å². The molecule has 0 rings (SSSR count). The van der Waals surface area contributed by atoms with Crippen molar-refractivity contribution in [1.82, 2.24) is 0 Å². The average molecular weight is 715 g/mol. The van der Waals surface area contributed by atoms with E-state index in [-0.39, 0.29) is 32.0 Å². The number of carbonyl (C=O) groups is 2. The molecule has 0 heterocycles. The van der Waals surface area contributed by atoms with Crippen molar-refractivity contribution in [2.75, 3.05) is 47.5 Å². The second-order valence-electron chi connectivity index (χ2n) is 14.0. The zero-order valence-corrected chi connectivity index (χ0v) is 32.8. The largest absolute Gasteiger partial charge is 0.472 e. The molecule has 0 saturated carbocycles. The van der Waals surface area contributed by atoms with Crippen LogP contribution in [0.2, 0.25) is 0 Å². The highest BCUT2D eigenvalue weighted by atomic mass is 31.2. The van der Waals surface area contributed by atoms with E-state index in [4.69, 9.17) is 18.5 Å². The molecule has 10 heteroatoms. The van der Waals surface area contributed by atoms with Gasteiger partial charge in [0.1, 0.15) is 19.8 Å². The number of quaternary nitrogens is 1. The van der Waals surface area contributed by atoms with Crippen LogP contribution in [0.4, 0.5) is 0 Å². The third-order valence-electron chi connectivity index (χ3n) is 7.89. The third-order valence-corrected chi connectivity index (χ3v) is 8.88. The summed E-state index contributed by atoms with van der Waals surface area (Å²) in [6, 6.07) is 0. The molecule has 0 aromatic rings. The maximum Gasteiger partial charge on any atom is 0.472 e. The van der Waals surface area contributed by atoms with E-state index in [1.54, 1.807) is 0 Å². The molecule has 0 saturated heterocycles. The summed E-state index contributed by atoms with van der Waals surface area (Å²) in [6.45, 7) is 4.29. The van der Waals surface area contributed by atoms with Crippen molar-refractivity contribution in [3.63, 3.8) is 0 Å². The van der Waals surface area contributed by atoms with E-state index >= 15 is 0 Å². The Morgan fingerprint density at radius 3 is 1.63 bits per heavy atom. The Labute approximate surface area is 300 Å². The molecule has 0 aliphatic heterocycles. The van der Waals surface area contributed by atoms with Crippen molar-refractivity contribution >= 4 is 19.8 Å². The number of nitrogens with zero attached hydrogens (tertiary/aromatic N) is 1. The fourth-order valence-electron chi connectivity index (χ4n) is 4.77. The lowest BCUT2D eigenvalue weighted by molar-refractivity contribution is -0.870. The van der Waals surface area contributed by atoms with Crippen LogP contribution in [0.1, 0.15) is 149 Å². The number of phosphoric acid groups is 1. The van der Waals surface area contributed by atoms with Crippen LogP contribution in [-0.2, 0) is 32.7 Å². The van der Waals surface area contributed by atoms with Gasteiger partial charge in [0, 0.05) is 12.8 Å². The van der Waals surface area contributed by atoms with E-state index in [2.05, 4.69) is 50.3 Å². The highest BCUT2D eigenvalue weighted by Crippen LogP contribution is 2.43. The summed E-state index contributed by atoms with van der Waals surface area (Å²) in [5, 5.41) is 0. The summed E-state index contributed by atoms with van der Waals surface area (Å²) < 4.78 is 34.1. The molecule has 9 nitrogen and oxygen atoms in total. The van der Waals surface area contributed by atoms with Crippen molar-refractivity contribution in [2.24, 2.45) is 0 Å². The Morgan fingerprint density at radius 2 is 1.10 bits per heavy atom. The normalized spacial score (nSPS) is 14.2. The molecule has 0 bridgehead atoms. The maximum absolute atomic E-state index is 12.6. The van der Waals surface area contributed by atoms with Gasteiger partial charge in [-0.15, -0.1) is 0 Å². The monoisotopic (exact) mass is 715 g/mol. The number of allylic oxidation sites excluding steroid dienone is 6. The Morgan fingerprint density at radius 1 is 0.633 bits per heavy atom. The van der Waals surface area contributed by atoms with Gasteiger partial charge in [0.15, 0.2) is 6.10 Å². The number of hydrogen-bond donors (Lipinski definition) is 1. The van der Waals surface area contributed by atoms with Gasteiger partial charge in [-0.25, -0.2) is 4.57 Å². The highest BCUT2D eigenvalue weighted by Gasteiger charge is 2.27. The smallest absolute Gasteiger partial charge is 0.462 e. The first-order valence-electron chi connectivity index (χ1n) is 19.2. The van der Waals surface area contributed by atoms with Gasteiger partial charge in [0.05, 0.1) is 27.7 Å². The van der Waals surface area contributed by atoms with Crippen molar-refractivity contribution in [3.8, 4) is 0 Å². The first-order valence-corrected chi connectivity index (χ1v) is 20.7. The number of rotatable bonds is 34. The summed E-state index contributed by atoms with van der Waals surface area (Å²) in [6.07, 6.45) is 33.3. The second kappa shape index (κ2) is 32.2. The first-order chi connectivity index (χ1) is 23.5. The average Bonchev–Trinajstić information content (AvgIpc) is 3.04. The molecule has 0 aromatic carbocycles. The van der Waals surface area contributed by atoms with Gasteiger partial charge in [-0.05, 0) is 57.8 Å². The van der Waals surface area contributed by atoms with E-state index in [0.29, 0.717) is 17.4 Å². The fourth-order valence-corrected chi connectivity index (χ4v) is 5.52. The second-order valence-corrected chi connectivity index (χ2v) is 15.4. The van der Waals surface area contributed by atoms with Gasteiger partial charge < -0.3 is 18.9 Å². The molecule has 0 radical (unpaired) electrons. The molecule has 49 heavy (non-hydrogen) atoms. The van der Waals surface area contributed by atoms with Gasteiger partial charge in [0.2, 0.25) is 0 Å². The highest BCUT2D eigenvalue weighted by molar-refractivity contribution is 7.47. The van der Waals surface area contributed by atoms with Crippen LogP contribution in [0.15, 0.2) is 36.5 Å². The van der Waals surface area contributed by atoms with Gasteiger partial charge in [0.25, 0.3) is 0 Å². The zero-order chi connectivity index (χ0) is 36.5. The standard InChI is InChI=1S/C39H72NO8P/c1-6-8-10-12-14-16-18-19-20-22-24-26-28-30-32-39(42)48-37(36-47-49(43,44)46-34-33-40(3,4)5)35-45-38(41)31-29-27-25-23-21-17-15-13-11-9-7-2/h12-15,18-19,37H,6-11,16-17,20-36H2,1-5H3/p+1/b14-12+,15-13+,19-18+/t37-/m1/s1. The summed E-state index contributed by atoms with van der Waals surface area (Å²) >= 11 is 0. The Bertz CT molecular complexity index is 944. The van der Waals surface area contributed by atoms with Crippen LogP contribution in [0.25, 0.3) is 0 Å². The van der Waals surface area contributed by atoms with Gasteiger partial charge in [-0.2, -0.15) is 0 Å². The molecular formula is C39H73NO8P+. The van der Waals surface area contributed by atoms with Crippen molar-refractivity contribution in [3.05, 3.63) is 36.5 Å². The summed E-state index contributed by atoms with van der Waals surface area (Å²) in [7, 11) is 1.46. The number of ether oxygens (including phenoxy) is 2. The quantitative estimate of drug-likeness (QED) is 0.0231. The number of hydrogen-bond acceptors (Lipinski definition) is 7. The van der Waals surface area contributed by atoms with Crippen LogP contribution >= 0.6 is 7.82 Å². The fraction of sp³-hybridized carbons (Fsp3) is 0.795. The number of carbonyl (C=O) groups excluding carboxylic acids is 2.